The van der Waals surface area contributed by atoms with Crippen molar-refractivity contribution in [3.05, 3.63) is 35.8 Å². The monoisotopic (exact) mass is 306 g/mol. The topological polar surface area (TPSA) is 82.2 Å². The highest BCUT2D eigenvalue weighted by atomic mass is 19.1. The van der Waals surface area contributed by atoms with Crippen molar-refractivity contribution < 1.29 is 19.1 Å². The number of nitrogens with one attached hydrogen (secondary N) is 2. The number of halogens is 1. The molecule has 1 heterocycles. The van der Waals surface area contributed by atoms with Crippen LogP contribution < -0.4 is 5.32 Å². The average molecular weight is 306 g/mol. The van der Waals surface area contributed by atoms with Gasteiger partial charge in [-0.25, -0.2) is 4.39 Å². The lowest BCUT2D eigenvalue weighted by atomic mass is 9.82. The van der Waals surface area contributed by atoms with Crippen LogP contribution >= 0.6 is 0 Å². The Morgan fingerprint density at radius 1 is 1.32 bits per heavy atom. The third-order valence-corrected chi connectivity index (χ3v) is 4.25. The smallest absolute Gasteiger partial charge is 0.311 e. The molecular weight excluding hydrogens is 287 g/mol. The number of hydrogen-bond acceptors (Lipinski definition) is 2. The van der Waals surface area contributed by atoms with E-state index in [1.165, 1.54) is 12.1 Å². The van der Waals surface area contributed by atoms with Crippen LogP contribution in [0.1, 0.15) is 37.2 Å². The molecule has 2 aromatic rings. The number of aliphatic carboxylic acids is 1. The minimum atomic E-state index is -0.979. The number of benzene rings is 1. The van der Waals surface area contributed by atoms with Crippen LogP contribution in [0.3, 0.4) is 0 Å². The van der Waals surface area contributed by atoms with Gasteiger partial charge in [0.1, 0.15) is 11.5 Å². The first-order valence-electron chi connectivity index (χ1n) is 7.22. The quantitative estimate of drug-likeness (QED) is 0.767. The van der Waals surface area contributed by atoms with Crippen LogP contribution in [0.5, 0.6) is 0 Å². The number of rotatable bonds is 6. The molecule has 0 aliphatic carbocycles. The summed E-state index contributed by atoms with van der Waals surface area (Å²) in [4.78, 5) is 26.4. The van der Waals surface area contributed by atoms with Crippen molar-refractivity contribution >= 4 is 22.8 Å². The number of carboxylic acids is 1. The third kappa shape index (κ3) is 2.81. The Morgan fingerprint density at radius 3 is 2.55 bits per heavy atom. The molecule has 0 radical (unpaired) electrons. The van der Waals surface area contributed by atoms with E-state index in [0.29, 0.717) is 23.7 Å². The van der Waals surface area contributed by atoms with Gasteiger partial charge in [0.2, 0.25) is 0 Å². The van der Waals surface area contributed by atoms with Crippen molar-refractivity contribution in [3.8, 4) is 0 Å². The summed E-state index contributed by atoms with van der Waals surface area (Å²) in [7, 11) is 0. The van der Waals surface area contributed by atoms with Gasteiger partial charge in [0.05, 0.1) is 5.41 Å². The third-order valence-electron chi connectivity index (χ3n) is 4.25. The van der Waals surface area contributed by atoms with Crippen LogP contribution in [0.2, 0.25) is 0 Å². The van der Waals surface area contributed by atoms with Crippen molar-refractivity contribution in [1.82, 2.24) is 10.3 Å². The maximum Gasteiger partial charge on any atom is 0.311 e. The van der Waals surface area contributed by atoms with E-state index in [4.69, 9.17) is 0 Å². The molecule has 0 saturated carbocycles. The number of carbonyl (C=O) groups excluding carboxylic acids is 1. The molecule has 6 heteroatoms. The van der Waals surface area contributed by atoms with E-state index in [1.54, 1.807) is 26.0 Å². The predicted octanol–water partition coefficient (Wildman–Crippen LogP) is 2.93. The average Bonchev–Trinajstić information content (AvgIpc) is 2.94. The Morgan fingerprint density at radius 2 is 2.00 bits per heavy atom. The van der Waals surface area contributed by atoms with Gasteiger partial charge in [0.25, 0.3) is 5.91 Å². The van der Waals surface area contributed by atoms with Crippen LogP contribution in [0.15, 0.2) is 24.3 Å². The lowest BCUT2D eigenvalue weighted by Gasteiger charge is -2.26. The van der Waals surface area contributed by atoms with Gasteiger partial charge < -0.3 is 15.4 Å². The van der Waals surface area contributed by atoms with E-state index in [-0.39, 0.29) is 12.2 Å². The van der Waals surface area contributed by atoms with Crippen LogP contribution in [-0.4, -0.2) is 28.5 Å². The fraction of sp³-hybridized carbons (Fsp3) is 0.375. The van der Waals surface area contributed by atoms with Crippen molar-refractivity contribution in [1.29, 1.82) is 0 Å². The summed E-state index contributed by atoms with van der Waals surface area (Å²) in [6.07, 6.45) is 0.834. The largest absolute Gasteiger partial charge is 0.481 e. The molecule has 0 saturated heterocycles. The minimum absolute atomic E-state index is 0.0337. The van der Waals surface area contributed by atoms with E-state index >= 15 is 0 Å². The maximum atomic E-state index is 13.6. The fourth-order valence-corrected chi connectivity index (χ4v) is 2.46. The molecular formula is C16H19FN2O3. The molecule has 0 aliphatic heterocycles. The molecule has 0 atom stereocenters. The van der Waals surface area contributed by atoms with Crippen molar-refractivity contribution in [2.75, 3.05) is 6.54 Å². The Kier molecular flexibility index (Phi) is 4.49. The number of aromatic amines is 1. The summed E-state index contributed by atoms with van der Waals surface area (Å²) >= 11 is 0. The van der Waals surface area contributed by atoms with Gasteiger partial charge in [-0.3, -0.25) is 9.59 Å². The van der Waals surface area contributed by atoms with Crippen molar-refractivity contribution in [3.63, 3.8) is 0 Å². The summed E-state index contributed by atoms with van der Waals surface area (Å²) < 4.78 is 13.6. The molecule has 118 valence electrons. The Hall–Kier alpha value is -2.37. The van der Waals surface area contributed by atoms with Gasteiger partial charge in [-0.2, -0.15) is 0 Å². The van der Waals surface area contributed by atoms with Crippen LogP contribution in [-0.2, 0) is 4.79 Å². The van der Waals surface area contributed by atoms with Gasteiger partial charge in [-0.05, 0) is 31.0 Å². The number of aromatic nitrogens is 1. The Bertz CT molecular complexity index is 704. The fourth-order valence-electron chi connectivity index (χ4n) is 2.46. The first-order chi connectivity index (χ1) is 10.4. The standard InChI is InChI=1S/C16H19FN2O3/c1-3-16(4-2,15(21)22)9-18-14(20)13-8-10-11(17)6-5-7-12(10)19-13/h5-8,19H,3-4,9H2,1-2H3,(H,18,20)(H,21,22). The predicted molar refractivity (Wildman–Crippen MR) is 81.2 cm³/mol. The molecule has 0 unspecified atom stereocenters. The number of carboxylic acid groups (broad SMARTS) is 1. The normalized spacial score (nSPS) is 11.6. The summed E-state index contributed by atoms with van der Waals surface area (Å²) in [5.74, 6) is -1.78. The lowest BCUT2D eigenvalue weighted by molar-refractivity contribution is -0.149. The zero-order chi connectivity index (χ0) is 16.3. The van der Waals surface area contributed by atoms with Crippen LogP contribution in [0.25, 0.3) is 10.9 Å². The van der Waals surface area contributed by atoms with E-state index in [1.807, 2.05) is 0 Å². The number of fused-ring (bicyclic) bond motifs is 1. The number of hydrogen-bond donors (Lipinski definition) is 3. The van der Waals surface area contributed by atoms with Crippen molar-refractivity contribution in [2.24, 2.45) is 5.41 Å². The van der Waals surface area contributed by atoms with E-state index in [9.17, 15) is 19.1 Å². The maximum absolute atomic E-state index is 13.6. The van der Waals surface area contributed by atoms with Crippen LogP contribution in [0, 0.1) is 11.2 Å². The first kappa shape index (κ1) is 16.0. The molecule has 5 nitrogen and oxygen atoms in total. The SMILES string of the molecule is CCC(CC)(CNC(=O)c1cc2c(F)cccc2[nH]1)C(=O)O. The first-order valence-corrected chi connectivity index (χ1v) is 7.22. The zero-order valence-electron chi connectivity index (χ0n) is 12.6. The lowest BCUT2D eigenvalue weighted by Crippen LogP contribution is -2.42. The molecule has 0 spiro atoms. The second-order valence-corrected chi connectivity index (χ2v) is 5.36. The molecule has 0 aliphatic rings. The van der Waals surface area contributed by atoms with E-state index < -0.39 is 23.1 Å². The summed E-state index contributed by atoms with van der Waals surface area (Å²) in [6.45, 7) is 3.59. The molecule has 3 N–H and O–H groups in total. The molecule has 0 bridgehead atoms. The van der Waals surface area contributed by atoms with Gasteiger partial charge >= 0.3 is 5.97 Å². The molecule has 1 amide bonds. The highest BCUT2D eigenvalue weighted by molar-refractivity contribution is 5.98. The highest BCUT2D eigenvalue weighted by Gasteiger charge is 2.35. The summed E-state index contributed by atoms with van der Waals surface area (Å²) in [6, 6.07) is 5.98. The second kappa shape index (κ2) is 6.17. The molecule has 2 rings (SSSR count). The highest BCUT2D eigenvalue weighted by Crippen LogP contribution is 2.26. The number of carbonyl (C=O) groups is 2. The second-order valence-electron chi connectivity index (χ2n) is 5.36. The Balaban J connectivity index is 2.17. The number of H-pyrrole nitrogens is 1. The van der Waals surface area contributed by atoms with Gasteiger partial charge in [0.15, 0.2) is 0 Å². The summed E-state index contributed by atoms with van der Waals surface area (Å²) in [5.41, 5.74) is -0.236. The summed E-state index contributed by atoms with van der Waals surface area (Å²) in [5, 5.41) is 12.3. The minimum Gasteiger partial charge on any atom is -0.481 e. The van der Waals surface area contributed by atoms with Gasteiger partial charge in [0, 0.05) is 17.4 Å². The van der Waals surface area contributed by atoms with Gasteiger partial charge in [-0.15, -0.1) is 0 Å². The van der Waals surface area contributed by atoms with Gasteiger partial charge in [-0.1, -0.05) is 19.9 Å². The van der Waals surface area contributed by atoms with E-state index in [2.05, 4.69) is 10.3 Å². The molecule has 0 fully saturated rings. The molecule has 1 aromatic heterocycles. The van der Waals surface area contributed by atoms with E-state index in [0.717, 1.165) is 0 Å². The Labute approximate surface area is 127 Å². The number of amides is 1. The zero-order valence-corrected chi connectivity index (χ0v) is 12.6. The van der Waals surface area contributed by atoms with Crippen LogP contribution in [0.4, 0.5) is 4.39 Å². The molecule has 22 heavy (non-hydrogen) atoms. The molecule has 1 aromatic carbocycles. The van der Waals surface area contributed by atoms with Crippen molar-refractivity contribution in [2.45, 2.75) is 26.7 Å².